The minimum absolute atomic E-state index is 0.209. The third kappa shape index (κ3) is 4.16. The summed E-state index contributed by atoms with van der Waals surface area (Å²) in [4.78, 5) is 0. The third-order valence-electron chi connectivity index (χ3n) is 2.49. The van der Waals surface area contributed by atoms with Crippen molar-refractivity contribution in [2.24, 2.45) is 5.92 Å². The zero-order valence-corrected chi connectivity index (χ0v) is 10.7. The standard InChI is InChI=1S/C13H20O2S/c1-11(8-14)9-16-10-13(2,15)12-6-4-3-5-7-12/h3-7,11,14-15H,8-10H2,1-2H3. The van der Waals surface area contributed by atoms with Crippen molar-refractivity contribution >= 4 is 11.8 Å². The lowest BCUT2D eigenvalue weighted by atomic mass is 9.99. The summed E-state index contributed by atoms with van der Waals surface area (Å²) in [7, 11) is 0. The molecule has 2 atom stereocenters. The molecule has 0 spiro atoms. The van der Waals surface area contributed by atoms with Crippen molar-refractivity contribution in [3.8, 4) is 0 Å². The molecule has 0 aliphatic heterocycles. The highest BCUT2D eigenvalue weighted by Gasteiger charge is 2.22. The van der Waals surface area contributed by atoms with Crippen LogP contribution in [-0.4, -0.2) is 28.3 Å². The van der Waals surface area contributed by atoms with Crippen LogP contribution in [0.1, 0.15) is 19.4 Å². The first-order valence-corrected chi connectivity index (χ1v) is 6.68. The maximum absolute atomic E-state index is 10.3. The lowest BCUT2D eigenvalue weighted by molar-refractivity contribution is 0.0838. The van der Waals surface area contributed by atoms with E-state index < -0.39 is 5.60 Å². The Balaban J connectivity index is 2.46. The van der Waals surface area contributed by atoms with Crippen LogP contribution in [0, 0.1) is 5.92 Å². The Morgan fingerprint density at radius 3 is 2.50 bits per heavy atom. The molecule has 1 rings (SSSR count). The molecule has 2 N–H and O–H groups in total. The van der Waals surface area contributed by atoms with E-state index in [1.54, 1.807) is 11.8 Å². The smallest absolute Gasteiger partial charge is 0.0958 e. The summed E-state index contributed by atoms with van der Waals surface area (Å²) in [5, 5.41) is 19.2. The molecule has 90 valence electrons. The second kappa shape index (κ2) is 6.28. The van der Waals surface area contributed by atoms with E-state index in [1.165, 1.54) is 0 Å². The van der Waals surface area contributed by atoms with Crippen molar-refractivity contribution in [1.82, 2.24) is 0 Å². The second-order valence-electron chi connectivity index (χ2n) is 4.44. The van der Waals surface area contributed by atoms with Crippen molar-refractivity contribution in [2.45, 2.75) is 19.4 Å². The molecule has 2 nitrogen and oxygen atoms in total. The quantitative estimate of drug-likeness (QED) is 0.801. The summed E-state index contributed by atoms with van der Waals surface area (Å²) in [5.41, 5.74) is 0.153. The highest BCUT2D eigenvalue weighted by Crippen LogP contribution is 2.25. The molecule has 16 heavy (non-hydrogen) atoms. The molecule has 0 bridgehead atoms. The van der Waals surface area contributed by atoms with E-state index in [-0.39, 0.29) is 12.5 Å². The Bertz CT molecular complexity index is 298. The van der Waals surface area contributed by atoms with Gasteiger partial charge in [0.25, 0.3) is 0 Å². The molecule has 0 heterocycles. The van der Waals surface area contributed by atoms with Crippen LogP contribution >= 0.6 is 11.8 Å². The van der Waals surface area contributed by atoms with Crippen LogP contribution < -0.4 is 0 Å². The maximum Gasteiger partial charge on any atom is 0.0958 e. The van der Waals surface area contributed by atoms with Gasteiger partial charge in [-0.2, -0.15) is 11.8 Å². The number of rotatable bonds is 6. The summed E-state index contributed by atoms with van der Waals surface area (Å²) >= 11 is 1.68. The molecular formula is C13H20O2S. The fourth-order valence-corrected chi connectivity index (χ4v) is 2.58. The van der Waals surface area contributed by atoms with Gasteiger partial charge in [-0.25, -0.2) is 0 Å². The van der Waals surface area contributed by atoms with Crippen LogP contribution in [0.5, 0.6) is 0 Å². The number of hydrogen-bond donors (Lipinski definition) is 2. The van der Waals surface area contributed by atoms with Gasteiger partial charge in [-0.05, 0) is 24.2 Å². The van der Waals surface area contributed by atoms with Gasteiger partial charge in [0.05, 0.1) is 5.60 Å². The normalized spacial score (nSPS) is 16.8. The first kappa shape index (κ1) is 13.6. The molecule has 0 aliphatic carbocycles. The second-order valence-corrected chi connectivity index (χ2v) is 5.47. The molecule has 0 aromatic heterocycles. The lowest BCUT2D eigenvalue weighted by Gasteiger charge is -2.24. The Morgan fingerprint density at radius 2 is 1.94 bits per heavy atom. The summed E-state index contributed by atoms with van der Waals surface area (Å²) in [5.74, 6) is 1.82. The molecule has 1 aromatic rings. The van der Waals surface area contributed by atoms with E-state index in [9.17, 15) is 5.11 Å². The van der Waals surface area contributed by atoms with Gasteiger partial charge < -0.3 is 10.2 Å². The first-order valence-electron chi connectivity index (χ1n) is 5.53. The SMILES string of the molecule is CC(CO)CSCC(C)(O)c1ccccc1. The van der Waals surface area contributed by atoms with Crippen LogP contribution in [0.4, 0.5) is 0 Å². The van der Waals surface area contributed by atoms with Crippen molar-refractivity contribution in [3.63, 3.8) is 0 Å². The first-order chi connectivity index (χ1) is 7.56. The monoisotopic (exact) mass is 240 g/mol. The Hall–Kier alpha value is -0.510. The Morgan fingerprint density at radius 1 is 1.31 bits per heavy atom. The van der Waals surface area contributed by atoms with Crippen LogP contribution in [0.2, 0.25) is 0 Å². The largest absolute Gasteiger partial charge is 0.396 e. The predicted octanol–water partition coefficient (Wildman–Crippen LogP) is 2.26. The van der Waals surface area contributed by atoms with Gasteiger partial charge in [0, 0.05) is 12.4 Å². The minimum Gasteiger partial charge on any atom is -0.396 e. The average Bonchev–Trinajstić information content (AvgIpc) is 2.30. The molecule has 0 saturated heterocycles. The molecule has 1 aromatic carbocycles. The van der Waals surface area contributed by atoms with Gasteiger partial charge in [-0.3, -0.25) is 0 Å². The topological polar surface area (TPSA) is 40.5 Å². The van der Waals surface area contributed by atoms with Crippen LogP contribution in [0.15, 0.2) is 30.3 Å². The predicted molar refractivity (Wildman–Crippen MR) is 69.6 cm³/mol. The molecular weight excluding hydrogens is 220 g/mol. The van der Waals surface area contributed by atoms with Crippen molar-refractivity contribution in [3.05, 3.63) is 35.9 Å². The summed E-state index contributed by atoms with van der Waals surface area (Å²) in [6.07, 6.45) is 0. The zero-order chi connectivity index (χ0) is 12.0. The molecule has 0 radical (unpaired) electrons. The number of aliphatic hydroxyl groups is 2. The molecule has 0 saturated carbocycles. The summed E-state index contributed by atoms with van der Waals surface area (Å²) in [6.45, 7) is 4.05. The van der Waals surface area contributed by atoms with Crippen LogP contribution in [0.3, 0.4) is 0 Å². The molecule has 0 amide bonds. The van der Waals surface area contributed by atoms with Gasteiger partial charge >= 0.3 is 0 Å². The average molecular weight is 240 g/mol. The van der Waals surface area contributed by atoms with E-state index in [4.69, 9.17) is 5.11 Å². The third-order valence-corrected chi connectivity index (χ3v) is 4.06. The minimum atomic E-state index is -0.791. The van der Waals surface area contributed by atoms with Crippen LogP contribution in [-0.2, 0) is 5.60 Å². The van der Waals surface area contributed by atoms with Crippen molar-refractivity contribution in [1.29, 1.82) is 0 Å². The van der Waals surface area contributed by atoms with Gasteiger partial charge in [-0.15, -0.1) is 0 Å². The summed E-state index contributed by atoms with van der Waals surface area (Å²) < 4.78 is 0. The number of aliphatic hydroxyl groups excluding tert-OH is 1. The molecule has 3 heteroatoms. The van der Waals surface area contributed by atoms with Gasteiger partial charge in [0.2, 0.25) is 0 Å². The number of thioether (sulfide) groups is 1. The van der Waals surface area contributed by atoms with E-state index in [1.807, 2.05) is 44.2 Å². The fourth-order valence-electron chi connectivity index (χ4n) is 1.39. The zero-order valence-electron chi connectivity index (χ0n) is 9.89. The van der Waals surface area contributed by atoms with Gasteiger partial charge in [0.15, 0.2) is 0 Å². The fraction of sp³-hybridized carbons (Fsp3) is 0.538. The number of benzene rings is 1. The van der Waals surface area contributed by atoms with Crippen molar-refractivity contribution < 1.29 is 10.2 Å². The highest BCUT2D eigenvalue weighted by atomic mass is 32.2. The Labute approximate surface area is 102 Å². The summed E-state index contributed by atoms with van der Waals surface area (Å²) in [6, 6.07) is 9.70. The molecule has 0 aliphatic rings. The lowest BCUT2D eigenvalue weighted by Crippen LogP contribution is -2.24. The van der Waals surface area contributed by atoms with Crippen LogP contribution in [0.25, 0.3) is 0 Å². The van der Waals surface area contributed by atoms with E-state index in [0.29, 0.717) is 5.75 Å². The van der Waals surface area contributed by atoms with E-state index >= 15 is 0 Å². The Kier molecular flexibility index (Phi) is 5.32. The van der Waals surface area contributed by atoms with Gasteiger partial charge in [-0.1, -0.05) is 37.3 Å². The van der Waals surface area contributed by atoms with E-state index in [2.05, 4.69) is 0 Å². The molecule has 2 unspecified atom stereocenters. The number of hydrogen-bond acceptors (Lipinski definition) is 3. The molecule has 0 fully saturated rings. The highest BCUT2D eigenvalue weighted by molar-refractivity contribution is 7.99. The van der Waals surface area contributed by atoms with E-state index in [0.717, 1.165) is 11.3 Å². The van der Waals surface area contributed by atoms with Gasteiger partial charge in [0.1, 0.15) is 0 Å². The maximum atomic E-state index is 10.3. The van der Waals surface area contributed by atoms with Crippen molar-refractivity contribution in [2.75, 3.05) is 18.1 Å².